The number of hydrogen-bond donors (Lipinski definition) is 1. The van der Waals surface area contributed by atoms with Gasteiger partial charge in [0, 0.05) is 6.04 Å². The molecule has 2 nitrogen and oxygen atoms in total. The van der Waals surface area contributed by atoms with E-state index in [0.29, 0.717) is 17.6 Å². The molecule has 0 amide bonds. The van der Waals surface area contributed by atoms with Gasteiger partial charge in [0.05, 0.1) is 6.10 Å². The molecule has 2 aliphatic rings. The first-order valence-electron chi connectivity index (χ1n) is 7.70. The lowest BCUT2D eigenvalue weighted by Gasteiger charge is -2.25. The summed E-state index contributed by atoms with van der Waals surface area (Å²) in [5.74, 6) is 1.04. The van der Waals surface area contributed by atoms with E-state index in [-0.39, 0.29) is 0 Å². The second-order valence-electron chi connectivity index (χ2n) is 6.40. The lowest BCUT2D eigenvalue weighted by Crippen LogP contribution is -2.28. The van der Waals surface area contributed by atoms with Crippen LogP contribution in [0.15, 0.2) is 24.3 Å². The predicted molar refractivity (Wildman–Crippen MR) is 78.8 cm³/mol. The second-order valence-corrected chi connectivity index (χ2v) is 6.40. The molecule has 0 radical (unpaired) electrons. The number of ether oxygens (including phenoxy) is 1. The fraction of sp³-hybridized carbons (Fsp3) is 0.647. The zero-order valence-corrected chi connectivity index (χ0v) is 12.1. The molecule has 1 aromatic rings. The molecule has 2 saturated carbocycles. The highest BCUT2D eigenvalue weighted by atomic mass is 16.5. The van der Waals surface area contributed by atoms with Crippen LogP contribution < -0.4 is 10.1 Å². The van der Waals surface area contributed by atoms with Gasteiger partial charge < -0.3 is 10.1 Å². The van der Waals surface area contributed by atoms with Gasteiger partial charge in [-0.15, -0.1) is 0 Å². The molecular formula is C17H25NO. The van der Waals surface area contributed by atoms with Gasteiger partial charge in [0.25, 0.3) is 0 Å². The molecule has 1 aromatic carbocycles. The zero-order chi connectivity index (χ0) is 13.3. The van der Waals surface area contributed by atoms with Gasteiger partial charge in [0.1, 0.15) is 5.75 Å². The average molecular weight is 259 g/mol. The molecule has 2 heteroatoms. The Kier molecular flexibility index (Phi) is 3.53. The van der Waals surface area contributed by atoms with Gasteiger partial charge >= 0.3 is 0 Å². The largest absolute Gasteiger partial charge is 0.490 e. The van der Waals surface area contributed by atoms with Crippen molar-refractivity contribution in [2.45, 2.75) is 63.5 Å². The van der Waals surface area contributed by atoms with E-state index >= 15 is 0 Å². The molecule has 104 valence electrons. The van der Waals surface area contributed by atoms with Crippen molar-refractivity contribution in [1.82, 2.24) is 5.32 Å². The minimum Gasteiger partial charge on any atom is -0.490 e. The fourth-order valence-corrected chi connectivity index (χ4v) is 3.28. The smallest absolute Gasteiger partial charge is 0.119 e. The number of rotatable bonds is 5. The van der Waals surface area contributed by atoms with Crippen LogP contribution in [-0.2, 0) is 5.41 Å². The minimum absolute atomic E-state index is 0.338. The molecule has 0 bridgehead atoms. The van der Waals surface area contributed by atoms with E-state index in [9.17, 15) is 0 Å². The Labute approximate surface area is 116 Å². The summed E-state index contributed by atoms with van der Waals surface area (Å²) in [7, 11) is 0. The van der Waals surface area contributed by atoms with Gasteiger partial charge in [0.15, 0.2) is 0 Å². The Balaban J connectivity index is 1.67. The van der Waals surface area contributed by atoms with Crippen LogP contribution in [0.5, 0.6) is 5.75 Å². The normalized spacial score (nSPS) is 30.5. The van der Waals surface area contributed by atoms with Crippen LogP contribution in [0.25, 0.3) is 0 Å². The first kappa shape index (κ1) is 13.0. The Morgan fingerprint density at radius 1 is 1.21 bits per heavy atom. The van der Waals surface area contributed by atoms with Gasteiger partial charge in [-0.3, -0.25) is 0 Å². The van der Waals surface area contributed by atoms with Crippen LogP contribution in [0.4, 0.5) is 0 Å². The number of hydrogen-bond acceptors (Lipinski definition) is 2. The first-order valence-corrected chi connectivity index (χ1v) is 7.70. The van der Waals surface area contributed by atoms with E-state index in [1.165, 1.54) is 37.7 Å². The maximum absolute atomic E-state index is 5.82. The van der Waals surface area contributed by atoms with Crippen molar-refractivity contribution in [3.8, 4) is 5.75 Å². The fourth-order valence-electron chi connectivity index (χ4n) is 3.28. The lowest BCUT2D eigenvalue weighted by atomic mass is 9.81. The molecule has 2 unspecified atom stereocenters. The molecule has 3 rings (SSSR count). The van der Waals surface area contributed by atoms with Gasteiger partial charge in [-0.2, -0.15) is 0 Å². The van der Waals surface area contributed by atoms with E-state index < -0.39 is 0 Å². The van der Waals surface area contributed by atoms with Crippen molar-refractivity contribution in [3.05, 3.63) is 29.8 Å². The highest BCUT2D eigenvalue weighted by molar-refractivity contribution is 5.33. The monoisotopic (exact) mass is 259 g/mol. The molecular weight excluding hydrogens is 234 g/mol. The van der Waals surface area contributed by atoms with Crippen molar-refractivity contribution >= 4 is 0 Å². The Bertz CT molecular complexity index is 423. The third kappa shape index (κ3) is 2.94. The molecule has 19 heavy (non-hydrogen) atoms. The third-order valence-corrected chi connectivity index (χ3v) is 4.61. The molecule has 0 spiro atoms. The van der Waals surface area contributed by atoms with E-state index in [1.807, 2.05) is 0 Å². The third-order valence-electron chi connectivity index (χ3n) is 4.61. The van der Waals surface area contributed by atoms with Crippen LogP contribution in [0.2, 0.25) is 0 Å². The number of nitrogens with one attached hydrogen (secondary N) is 1. The van der Waals surface area contributed by atoms with Crippen molar-refractivity contribution < 1.29 is 4.74 Å². The Morgan fingerprint density at radius 3 is 2.58 bits per heavy atom. The van der Waals surface area contributed by atoms with Crippen molar-refractivity contribution in [3.63, 3.8) is 0 Å². The second kappa shape index (κ2) is 5.16. The summed E-state index contributed by atoms with van der Waals surface area (Å²) in [6, 6.07) is 9.54. The molecule has 0 aliphatic heterocycles. The maximum atomic E-state index is 5.82. The highest BCUT2D eigenvalue weighted by Gasteiger charge is 2.36. The zero-order valence-electron chi connectivity index (χ0n) is 12.1. The quantitative estimate of drug-likeness (QED) is 0.871. The molecule has 0 aromatic heterocycles. The van der Waals surface area contributed by atoms with Crippen LogP contribution in [0, 0.1) is 0 Å². The van der Waals surface area contributed by atoms with Gasteiger partial charge in [0.2, 0.25) is 0 Å². The molecule has 0 heterocycles. The summed E-state index contributed by atoms with van der Waals surface area (Å²) in [6.07, 6.45) is 6.78. The Hall–Kier alpha value is -1.02. The molecule has 2 aliphatic carbocycles. The van der Waals surface area contributed by atoms with Gasteiger partial charge in [-0.1, -0.05) is 26.0 Å². The summed E-state index contributed by atoms with van der Waals surface area (Å²) in [5.41, 5.74) is 1.81. The van der Waals surface area contributed by atoms with Crippen LogP contribution in [0.3, 0.4) is 0 Å². The first-order chi connectivity index (χ1) is 9.19. The summed E-state index contributed by atoms with van der Waals surface area (Å²) in [5, 5.41) is 3.59. The highest BCUT2D eigenvalue weighted by Crippen LogP contribution is 2.41. The van der Waals surface area contributed by atoms with Crippen molar-refractivity contribution in [2.75, 3.05) is 6.54 Å². The van der Waals surface area contributed by atoms with Crippen molar-refractivity contribution in [1.29, 1.82) is 0 Å². The van der Waals surface area contributed by atoms with Crippen LogP contribution >= 0.6 is 0 Å². The van der Waals surface area contributed by atoms with Crippen LogP contribution in [-0.4, -0.2) is 18.7 Å². The molecule has 1 N–H and O–H groups in total. The van der Waals surface area contributed by atoms with Gasteiger partial charge in [-0.25, -0.2) is 0 Å². The van der Waals surface area contributed by atoms with E-state index in [4.69, 9.17) is 4.74 Å². The molecule has 0 saturated heterocycles. The molecule has 2 fully saturated rings. The SMILES string of the molecule is CCNC1CCC(C)(c2ccc(OC3CC3)cc2)C1. The van der Waals surface area contributed by atoms with E-state index in [0.717, 1.165) is 12.3 Å². The summed E-state index contributed by atoms with van der Waals surface area (Å²) >= 11 is 0. The minimum atomic E-state index is 0.338. The van der Waals surface area contributed by atoms with Gasteiger partial charge in [-0.05, 0) is 61.8 Å². The van der Waals surface area contributed by atoms with E-state index in [1.54, 1.807) is 0 Å². The van der Waals surface area contributed by atoms with Crippen molar-refractivity contribution in [2.24, 2.45) is 0 Å². The molecule has 2 atom stereocenters. The Morgan fingerprint density at radius 2 is 1.95 bits per heavy atom. The topological polar surface area (TPSA) is 21.3 Å². The maximum Gasteiger partial charge on any atom is 0.119 e. The standard InChI is InChI=1S/C17H25NO/c1-3-18-14-10-11-17(2,12-14)13-4-6-15(7-5-13)19-16-8-9-16/h4-7,14,16,18H,3,8-12H2,1-2H3. The summed E-state index contributed by atoms with van der Waals surface area (Å²) in [6.45, 7) is 5.68. The summed E-state index contributed by atoms with van der Waals surface area (Å²) < 4.78 is 5.82. The number of benzene rings is 1. The average Bonchev–Trinajstić information content (AvgIpc) is 3.14. The summed E-state index contributed by atoms with van der Waals surface area (Å²) in [4.78, 5) is 0. The van der Waals surface area contributed by atoms with Crippen LogP contribution in [0.1, 0.15) is 51.5 Å². The lowest BCUT2D eigenvalue weighted by molar-refractivity contribution is 0.303. The van der Waals surface area contributed by atoms with E-state index in [2.05, 4.69) is 43.4 Å². The predicted octanol–water partition coefficient (Wildman–Crippen LogP) is 3.65.